The molecule has 0 radical (unpaired) electrons. The van der Waals surface area contributed by atoms with Crippen molar-refractivity contribution in [3.05, 3.63) is 28.8 Å². The second-order valence-corrected chi connectivity index (χ2v) is 9.63. The second kappa shape index (κ2) is 7.54. The number of carbonyl (C=O) groups is 1. The van der Waals surface area contributed by atoms with Crippen molar-refractivity contribution < 1.29 is 17.9 Å². The Hall–Kier alpha value is -1.27. The van der Waals surface area contributed by atoms with E-state index in [1.807, 2.05) is 6.92 Å². The van der Waals surface area contributed by atoms with Crippen LogP contribution >= 0.6 is 11.6 Å². The summed E-state index contributed by atoms with van der Waals surface area (Å²) in [6, 6.07) is 5.21. The van der Waals surface area contributed by atoms with Crippen LogP contribution in [0.4, 0.5) is 0 Å². The highest BCUT2D eigenvalue weighted by Gasteiger charge is 2.39. The first-order valence-corrected chi connectivity index (χ1v) is 11.0. The molecule has 2 aliphatic rings. The predicted octanol–water partition coefficient (Wildman–Crippen LogP) is 2.99. The maximum absolute atomic E-state index is 12.8. The van der Waals surface area contributed by atoms with Crippen molar-refractivity contribution in [2.45, 2.75) is 51.1 Å². The van der Waals surface area contributed by atoms with Crippen LogP contribution in [0.15, 0.2) is 18.2 Å². The summed E-state index contributed by atoms with van der Waals surface area (Å²) in [5.41, 5.74) is 0.890. The van der Waals surface area contributed by atoms with Crippen molar-refractivity contribution in [3.63, 3.8) is 0 Å². The summed E-state index contributed by atoms with van der Waals surface area (Å²) in [6.07, 6.45) is 4.60. The van der Waals surface area contributed by atoms with Gasteiger partial charge < -0.3 is 9.64 Å². The highest BCUT2D eigenvalue weighted by molar-refractivity contribution is 7.91. The second-order valence-electron chi connectivity index (χ2n) is 7.00. The summed E-state index contributed by atoms with van der Waals surface area (Å²) in [7, 11) is -3.03. The molecule has 7 heteroatoms. The Kier molecular flexibility index (Phi) is 5.58. The van der Waals surface area contributed by atoms with E-state index in [1.165, 1.54) is 0 Å². The molecule has 1 heterocycles. The van der Waals surface area contributed by atoms with Crippen LogP contribution in [0, 0.1) is 6.92 Å². The Morgan fingerprint density at radius 2 is 1.96 bits per heavy atom. The number of carbonyl (C=O) groups excluding carboxylic acids is 1. The van der Waals surface area contributed by atoms with Crippen molar-refractivity contribution in [2.24, 2.45) is 0 Å². The predicted molar refractivity (Wildman–Crippen MR) is 97.8 cm³/mol. The van der Waals surface area contributed by atoms with Crippen LogP contribution in [0.25, 0.3) is 0 Å². The molecule has 0 spiro atoms. The van der Waals surface area contributed by atoms with Gasteiger partial charge in [0.2, 0.25) is 0 Å². The quantitative estimate of drug-likeness (QED) is 0.781. The van der Waals surface area contributed by atoms with Crippen LogP contribution < -0.4 is 4.74 Å². The molecule has 1 aliphatic heterocycles. The Labute approximate surface area is 154 Å². The van der Waals surface area contributed by atoms with Crippen LogP contribution in [0.5, 0.6) is 5.75 Å². The van der Waals surface area contributed by atoms with E-state index in [2.05, 4.69) is 0 Å². The molecule has 0 N–H and O–H groups in total. The molecule has 1 atom stereocenters. The topological polar surface area (TPSA) is 63.7 Å². The van der Waals surface area contributed by atoms with E-state index in [-0.39, 0.29) is 36.1 Å². The van der Waals surface area contributed by atoms with Gasteiger partial charge in [0.15, 0.2) is 16.4 Å². The number of nitrogens with zero attached hydrogens (tertiary/aromatic N) is 1. The van der Waals surface area contributed by atoms with Crippen molar-refractivity contribution in [2.75, 3.05) is 18.1 Å². The van der Waals surface area contributed by atoms with Gasteiger partial charge in [0.25, 0.3) is 5.91 Å². The summed E-state index contributed by atoms with van der Waals surface area (Å²) < 4.78 is 29.4. The molecule has 1 aromatic carbocycles. The summed E-state index contributed by atoms with van der Waals surface area (Å²) >= 11 is 6.01. The summed E-state index contributed by atoms with van der Waals surface area (Å²) in [5, 5.41) is 0.655. The van der Waals surface area contributed by atoms with E-state index in [9.17, 15) is 13.2 Å². The van der Waals surface area contributed by atoms with E-state index in [1.54, 1.807) is 23.1 Å². The summed E-state index contributed by atoms with van der Waals surface area (Å²) in [4.78, 5) is 14.6. The van der Waals surface area contributed by atoms with Gasteiger partial charge in [-0.15, -0.1) is 0 Å². The standard InChI is InChI=1S/C18H24ClNO4S/c1-13-10-16(6-7-17(13)19)24-11-18(21)20(14-4-2-3-5-14)15-8-9-25(22,23)12-15/h6-7,10,14-15H,2-5,8-9,11-12H2,1H3. The van der Waals surface area contributed by atoms with Crippen molar-refractivity contribution in [1.29, 1.82) is 0 Å². The number of aryl methyl sites for hydroxylation is 1. The number of halogens is 1. The number of hydrogen-bond acceptors (Lipinski definition) is 4. The lowest BCUT2D eigenvalue weighted by atomic mass is 10.1. The molecule has 1 aromatic rings. The summed E-state index contributed by atoms with van der Waals surface area (Å²) in [6.45, 7) is 1.80. The fraction of sp³-hybridized carbons (Fsp3) is 0.611. The number of benzene rings is 1. The molecule has 1 saturated carbocycles. The molecule has 1 amide bonds. The number of amides is 1. The minimum atomic E-state index is -3.03. The molecular formula is C18H24ClNO4S. The van der Waals surface area contributed by atoms with Gasteiger partial charge in [0.05, 0.1) is 11.5 Å². The zero-order valence-electron chi connectivity index (χ0n) is 14.4. The molecule has 25 heavy (non-hydrogen) atoms. The van der Waals surface area contributed by atoms with Gasteiger partial charge in [-0.25, -0.2) is 8.42 Å². The monoisotopic (exact) mass is 385 g/mol. The maximum Gasteiger partial charge on any atom is 0.261 e. The van der Waals surface area contributed by atoms with Gasteiger partial charge in [-0.1, -0.05) is 24.4 Å². The lowest BCUT2D eigenvalue weighted by Gasteiger charge is -2.34. The highest BCUT2D eigenvalue weighted by atomic mass is 35.5. The average molecular weight is 386 g/mol. The fourth-order valence-corrected chi connectivity index (χ4v) is 5.64. The van der Waals surface area contributed by atoms with Crippen LogP contribution in [-0.2, 0) is 14.6 Å². The molecule has 0 aromatic heterocycles. The lowest BCUT2D eigenvalue weighted by molar-refractivity contribution is -0.137. The first-order valence-electron chi connectivity index (χ1n) is 8.76. The Morgan fingerprint density at radius 3 is 2.56 bits per heavy atom. The van der Waals surface area contributed by atoms with Gasteiger partial charge in [0.1, 0.15) is 5.75 Å². The van der Waals surface area contributed by atoms with Crippen molar-refractivity contribution in [3.8, 4) is 5.75 Å². The van der Waals surface area contributed by atoms with Gasteiger partial charge in [-0.05, 0) is 49.9 Å². The van der Waals surface area contributed by atoms with Crippen molar-refractivity contribution >= 4 is 27.3 Å². The number of hydrogen-bond donors (Lipinski definition) is 0. The number of ether oxygens (including phenoxy) is 1. The van der Waals surface area contributed by atoms with Crippen LogP contribution in [0.3, 0.4) is 0 Å². The van der Waals surface area contributed by atoms with E-state index in [4.69, 9.17) is 16.3 Å². The first kappa shape index (κ1) is 18.5. The minimum Gasteiger partial charge on any atom is -0.484 e. The molecule has 2 fully saturated rings. The van der Waals surface area contributed by atoms with Gasteiger partial charge in [-0.3, -0.25) is 4.79 Å². The normalized spacial score (nSPS) is 22.9. The Morgan fingerprint density at radius 1 is 1.24 bits per heavy atom. The van der Waals surface area contributed by atoms with Crippen molar-refractivity contribution in [1.82, 2.24) is 4.90 Å². The molecule has 1 aliphatic carbocycles. The maximum atomic E-state index is 12.8. The molecule has 138 valence electrons. The minimum absolute atomic E-state index is 0.0753. The zero-order chi connectivity index (χ0) is 18.0. The van der Waals surface area contributed by atoms with Gasteiger partial charge in [0, 0.05) is 17.1 Å². The Bertz CT molecular complexity index is 743. The average Bonchev–Trinajstić information content (AvgIpc) is 3.19. The number of sulfone groups is 1. The molecular weight excluding hydrogens is 362 g/mol. The van der Waals surface area contributed by atoms with E-state index in [0.29, 0.717) is 17.2 Å². The van der Waals surface area contributed by atoms with E-state index in [0.717, 1.165) is 31.2 Å². The Balaban J connectivity index is 1.69. The SMILES string of the molecule is Cc1cc(OCC(=O)N(C2CCCC2)C2CCS(=O)(=O)C2)ccc1Cl. The highest BCUT2D eigenvalue weighted by Crippen LogP contribution is 2.29. The van der Waals surface area contributed by atoms with Crippen LogP contribution in [0.1, 0.15) is 37.7 Å². The van der Waals surface area contributed by atoms with Gasteiger partial charge in [-0.2, -0.15) is 0 Å². The van der Waals surface area contributed by atoms with E-state index >= 15 is 0 Å². The zero-order valence-corrected chi connectivity index (χ0v) is 16.0. The molecule has 0 bridgehead atoms. The largest absolute Gasteiger partial charge is 0.484 e. The third-order valence-electron chi connectivity index (χ3n) is 5.10. The fourth-order valence-electron chi connectivity index (χ4n) is 3.81. The molecule has 1 unspecified atom stereocenters. The van der Waals surface area contributed by atoms with Gasteiger partial charge >= 0.3 is 0 Å². The van der Waals surface area contributed by atoms with Crippen LogP contribution in [-0.4, -0.2) is 49.4 Å². The van der Waals surface area contributed by atoms with E-state index < -0.39 is 9.84 Å². The molecule has 5 nitrogen and oxygen atoms in total. The lowest BCUT2D eigenvalue weighted by Crippen LogP contribution is -2.48. The third-order valence-corrected chi connectivity index (χ3v) is 7.27. The summed E-state index contributed by atoms with van der Waals surface area (Å²) in [5.74, 6) is 0.725. The molecule has 1 saturated heterocycles. The third kappa shape index (κ3) is 4.47. The first-order chi connectivity index (χ1) is 11.9. The van der Waals surface area contributed by atoms with Crippen LogP contribution in [0.2, 0.25) is 5.02 Å². The molecule has 3 rings (SSSR count). The number of rotatable bonds is 5. The smallest absolute Gasteiger partial charge is 0.261 e.